The number of hydrogen-bond donors (Lipinski definition) is 3. The van der Waals surface area contributed by atoms with Gasteiger partial charge in [-0.3, -0.25) is 4.79 Å². The monoisotopic (exact) mass is 331 g/mol. The number of carbonyl (C=O) groups is 2. The summed E-state index contributed by atoms with van der Waals surface area (Å²) < 4.78 is 0. The van der Waals surface area contributed by atoms with Crippen LogP contribution in [0.25, 0.3) is 0 Å². The predicted molar refractivity (Wildman–Crippen MR) is 97.1 cm³/mol. The maximum absolute atomic E-state index is 11.9. The molecule has 2 rings (SSSR count). The lowest BCUT2D eigenvalue weighted by Gasteiger charge is -2.22. The lowest BCUT2D eigenvalue weighted by Crippen LogP contribution is -2.43. The molecule has 132 valence electrons. The van der Waals surface area contributed by atoms with Crippen molar-refractivity contribution in [2.45, 2.75) is 64.3 Å². The molecule has 0 radical (unpaired) electrons. The number of nitrogens with one attached hydrogen (secondary N) is 3. The van der Waals surface area contributed by atoms with Gasteiger partial charge in [0.25, 0.3) is 0 Å². The number of benzene rings is 1. The molecule has 0 spiro atoms. The van der Waals surface area contributed by atoms with E-state index in [1.54, 1.807) is 0 Å². The number of amides is 3. The quantitative estimate of drug-likeness (QED) is 0.668. The molecular weight excluding hydrogens is 302 g/mol. The van der Waals surface area contributed by atoms with Gasteiger partial charge >= 0.3 is 6.03 Å². The Kier molecular flexibility index (Phi) is 7.59. The van der Waals surface area contributed by atoms with Gasteiger partial charge in [0.15, 0.2) is 0 Å². The van der Waals surface area contributed by atoms with Crippen LogP contribution >= 0.6 is 0 Å². The Bertz CT molecular complexity index is 522. The van der Waals surface area contributed by atoms with Gasteiger partial charge in [-0.2, -0.15) is 0 Å². The van der Waals surface area contributed by atoms with Gasteiger partial charge < -0.3 is 16.0 Å². The number of hydrogen-bond acceptors (Lipinski definition) is 2. The highest BCUT2D eigenvalue weighted by Crippen LogP contribution is 2.17. The number of carbonyl (C=O) groups excluding carboxylic acids is 2. The number of rotatable bonds is 7. The van der Waals surface area contributed by atoms with Crippen LogP contribution < -0.4 is 16.0 Å². The SMILES string of the molecule is CCc1ccc(NC(=O)CCCNC(=O)NC2CCCCC2)cc1. The number of urea groups is 1. The van der Waals surface area contributed by atoms with Crippen LogP contribution in [0.2, 0.25) is 0 Å². The Morgan fingerprint density at radius 1 is 1.08 bits per heavy atom. The van der Waals surface area contributed by atoms with Crippen molar-refractivity contribution in [2.24, 2.45) is 0 Å². The van der Waals surface area contributed by atoms with E-state index in [1.165, 1.54) is 24.8 Å². The Balaban J connectivity index is 1.57. The summed E-state index contributed by atoms with van der Waals surface area (Å²) in [5, 5.41) is 8.72. The molecule has 0 aliphatic heterocycles. The van der Waals surface area contributed by atoms with Gasteiger partial charge in [0.1, 0.15) is 0 Å². The third kappa shape index (κ3) is 6.60. The second-order valence-electron chi connectivity index (χ2n) is 6.44. The summed E-state index contributed by atoms with van der Waals surface area (Å²) in [6.07, 6.45) is 7.85. The van der Waals surface area contributed by atoms with Crippen LogP contribution in [0.15, 0.2) is 24.3 Å². The Labute approximate surface area is 144 Å². The zero-order valence-corrected chi connectivity index (χ0v) is 14.6. The molecule has 0 unspecified atom stereocenters. The standard InChI is InChI=1S/C19H29N3O2/c1-2-15-10-12-17(13-11-15)21-18(23)9-6-14-20-19(24)22-16-7-4-3-5-8-16/h10-13,16H,2-9,14H2,1H3,(H,21,23)(H2,20,22,24). The lowest BCUT2D eigenvalue weighted by atomic mass is 9.96. The van der Waals surface area contributed by atoms with Crippen LogP contribution in [0.3, 0.4) is 0 Å². The van der Waals surface area contributed by atoms with Crippen molar-refractivity contribution < 1.29 is 9.59 Å². The smallest absolute Gasteiger partial charge is 0.315 e. The summed E-state index contributed by atoms with van der Waals surface area (Å²) in [5.41, 5.74) is 2.07. The van der Waals surface area contributed by atoms with Gasteiger partial charge in [-0.05, 0) is 43.4 Å². The minimum absolute atomic E-state index is 0.0197. The molecule has 5 nitrogen and oxygen atoms in total. The summed E-state index contributed by atoms with van der Waals surface area (Å²) in [6.45, 7) is 2.62. The second kappa shape index (κ2) is 9.96. The van der Waals surface area contributed by atoms with Gasteiger partial charge in [-0.25, -0.2) is 4.79 Å². The van der Waals surface area contributed by atoms with Crippen LogP contribution in [0, 0.1) is 0 Å². The van der Waals surface area contributed by atoms with Crippen molar-refractivity contribution in [3.8, 4) is 0 Å². The molecule has 0 saturated heterocycles. The number of anilines is 1. The third-order valence-corrected chi connectivity index (χ3v) is 4.45. The van der Waals surface area contributed by atoms with E-state index >= 15 is 0 Å². The minimum atomic E-state index is -0.113. The Hall–Kier alpha value is -2.04. The average Bonchev–Trinajstić information content (AvgIpc) is 2.60. The molecule has 0 heterocycles. The molecule has 3 amide bonds. The van der Waals surface area contributed by atoms with E-state index in [0.29, 0.717) is 25.4 Å². The molecule has 1 fully saturated rings. The van der Waals surface area contributed by atoms with Crippen molar-refractivity contribution in [1.82, 2.24) is 10.6 Å². The fraction of sp³-hybridized carbons (Fsp3) is 0.579. The van der Waals surface area contributed by atoms with E-state index in [4.69, 9.17) is 0 Å². The summed E-state index contributed by atoms with van der Waals surface area (Å²) in [7, 11) is 0. The molecule has 24 heavy (non-hydrogen) atoms. The largest absolute Gasteiger partial charge is 0.338 e. The van der Waals surface area contributed by atoms with E-state index in [1.807, 2.05) is 24.3 Å². The van der Waals surface area contributed by atoms with Crippen molar-refractivity contribution in [2.75, 3.05) is 11.9 Å². The van der Waals surface area contributed by atoms with Crippen molar-refractivity contribution in [3.63, 3.8) is 0 Å². The highest BCUT2D eigenvalue weighted by Gasteiger charge is 2.15. The maximum atomic E-state index is 11.9. The molecule has 1 aliphatic carbocycles. The number of aryl methyl sites for hydroxylation is 1. The second-order valence-corrected chi connectivity index (χ2v) is 6.44. The fourth-order valence-electron chi connectivity index (χ4n) is 2.98. The zero-order chi connectivity index (χ0) is 17.2. The molecule has 1 aliphatic rings. The van der Waals surface area contributed by atoms with Gasteiger partial charge in [-0.15, -0.1) is 0 Å². The predicted octanol–water partition coefficient (Wildman–Crippen LogP) is 3.60. The average molecular weight is 331 g/mol. The first-order chi connectivity index (χ1) is 11.7. The molecule has 1 aromatic carbocycles. The van der Waals surface area contributed by atoms with E-state index in [-0.39, 0.29) is 11.9 Å². The van der Waals surface area contributed by atoms with E-state index in [2.05, 4.69) is 22.9 Å². The summed E-state index contributed by atoms with van der Waals surface area (Å²) in [6, 6.07) is 8.09. The van der Waals surface area contributed by atoms with Crippen molar-refractivity contribution in [1.29, 1.82) is 0 Å². The molecule has 3 N–H and O–H groups in total. The topological polar surface area (TPSA) is 70.2 Å². The first-order valence-corrected chi connectivity index (χ1v) is 9.10. The highest BCUT2D eigenvalue weighted by molar-refractivity contribution is 5.90. The van der Waals surface area contributed by atoms with Crippen LogP contribution in [0.5, 0.6) is 0 Å². The van der Waals surface area contributed by atoms with E-state index in [9.17, 15) is 9.59 Å². The molecule has 1 saturated carbocycles. The molecule has 0 bridgehead atoms. The minimum Gasteiger partial charge on any atom is -0.338 e. The van der Waals surface area contributed by atoms with Gasteiger partial charge in [-0.1, -0.05) is 38.3 Å². The zero-order valence-electron chi connectivity index (χ0n) is 14.6. The molecule has 0 aromatic heterocycles. The van der Waals surface area contributed by atoms with Crippen LogP contribution in [0.1, 0.15) is 57.4 Å². The maximum Gasteiger partial charge on any atom is 0.315 e. The molecule has 1 aromatic rings. The van der Waals surface area contributed by atoms with Crippen LogP contribution in [0.4, 0.5) is 10.5 Å². The third-order valence-electron chi connectivity index (χ3n) is 4.45. The van der Waals surface area contributed by atoms with Gasteiger partial charge in [0, 0.05) is 24.7 Å². The summed E-state index contributed by atoms with van der Waals surface area (Å²) in [5.74, 6) is -0.0197. The molecule has 0 atom stereocenters. The first-order valence-electron chi connectivity index (χ1n) is 9.10. The lowest BCUT2D eigenvalue weighted by molar-refractivity contribution is -0.116. The summed E-state index contributed by atoms with van der Waals surface area (Å²) in [4.78, 5) is 23.7. The molecular formula is C19H29N3O2. The Morgan fingerprint density at radius 3 is 2.46 bits per heavy atom. The summed E-state index contributed by atoms with van der Waals surface area (Å²) >= 11 is 0. The van der Waals surface area contributed by atoms with Crippen molar-refractivity contribution >= 4 is 17.6 Å². The Morgan fingerprint density at radius 2 is 1.79 bits per heavy atom. The normalized spacial score (nSPS) is 14.9. The highest BCUT2D eigenvalue weighted by atomic mass is 16.2. The van der Waals surface area contributed by atoms with E-state index < -0.39 is 0 Å². The van der Waals surface area contributed by atoms with Crippen molar-refractivity contribution in [3.05, 3.63) is 29.8 Å². The molecule has 5 heteroatoms. The first kappa shape index (κ1) is 18.3. The van der Waals surface area contributed by atoms with E-state index in [0.717, 1.165) is 24.9 Å². The van der Waals surface area contributed by atoms with Crippen LogP contribution in [-0.4, -0.2) is 24.5 Å². The van der Waals surface area contributed by atoms with Gasteiger partial charge in [0.2, 0.25) is 5.91 Å². The van der Waals surface area contributed by atoms with Crippen LogP contribution in [-0.2, 0) is 11.2 Å². The fourth-order valence-corrected chi connectivity index (χ4v) is 2.98. The van der Waals surface area contributed by atoms with Gasteiger partial charge in [0.05, 0.1) is 0 Å².